The van der Waals surface area contributed by atoms with Crippen molar-refractivity contribution >= 4 is 0 Å². The van der Waals surface area contributed by atoms with Gasteiger partial charge in [-0.15, -0.1) is 0 Å². The fraction of sp³-hybridized carbons (Fsp3) is 0.875. The summed E-state index contributed by atoms with van der Waals surface area (Å²) in [6.45, 7) is 7.74. The van der Waals surface area contributed by atoms with Crippen molar-refractivity contribution in [2.75, 3.05) is 0 Å². The lowest BCUT2D eigenvalue weighted by atomic mass is 10.2. The zero-order valence-electron chi connectivity index (χ0n) is 7.64. The molecule has 0 aliphatic heterocycles. The SMILES string of the molecule is CCC(C#N)NOC(C)(C)C. The summed E-state index contributed by atoms with van der Waals surface area (Å²) in [5.74, 6) is 0. The van der Waals surface area contributed by atoms with E-state index in [1.807, 2.05) is 27.7 Å². The molecule has 0 rings (SSSR count). The molecule has 11 heavy (non-hydrogen) atoms. The highest BCUT2D eigenvalue weighted by atomic mass is 16.7. The molecule has 0 aliphatic carbocycles. The molecule has 0 aliphatic rings. The second-order valence-electron chi connectivity index (χ2n) is 3.42. The topological polar surface area (TPSA) is 45.0 Å². The highest BCUT2D eigenvalue weighted by Gasteiger charge is 2.12. The van der Waals surface area contributed by atoms with Gasteiger partial charge in [-0.1, -0.05) is 6.92 Å². The van der Waals surface area contributed by atoms with E-state index in [1.54, 1.807) is 0 Å². The zero-order chi connectivity index (χ0) is 8.91. The minimum absolute atomic E-state index is 0.200. The molecule has 1 atom stereocenters. The molecule has 0 radical (unpaired) electrons. The Morgan fingerprint density at radius 1 is 1.55 bits per heavy atom. The monoisotopic (exact) mass is 156 g/mol. The van der Waals surface area contributed by atoms with E-state index < -0.39 is 0 Å². The molecular formula is C8H16N2O. The van der Waals surface area contributed by atoms with Crippen LogP contribution in [0.25, 0.3) is 0 Å². The Bertz CT molecular complexity index is 143. The van der Waals surface area contributed by atoms with Gasteiger partial charge in [-0.25, -0.2) is 0 Å². The number of nitrogens with zero attached hydrogens (tertiary/aromatic N) is 1. The van der Waals surface area contributed by atoms with Gasteiger partial charge in [0.1, 0.15) is 6.04 Å². The molecule has 0 amide bonds. The van der Waals surface area contributed by atoms with Crippen LogP contribution in [0.5, 0.6) is 0 Å². The molecule has 0 aromatic rings. The highest BCUT2D eigenvalue weighted by molar-refractivity contribution is 4.86. The van der Waals surface area contributed by atoms with Crippen LogP contribution >= 0.6 is 0 Å². The van der Waals surface area contributed by atoms with E-state index in [4.69, 9.17) is 10.1 Å². The van der Waals surface area contributed by atoms with Crippen LogP contribution in [-0.4, -0.2) is 11.6 Å². The molecule has 0 spiro atoms. The van der Waals surface area contributed by atoms with Crippen LogP contribution in [0.1, 0.15) is 34.1 Å². The Hall–Kier alpha value is -0.590. The third-order valence-electron chi connectivity index (χ3n) is 1.07. The Morgan fingerprint density at radius 3 is 2.36 bits per heavy atom. The van der Waals surface area contributed by atoms with E-state index in [1.165, 1.54) is 0 Å². The van der Waals surface area contributed by atoms with E-state index in [0.717, 1.165) is 6.42 Å². The molecule has 64 valence electrons. The zero-order valence-corrected chi connectivity index (χ0v) is 7.64. The average molecular weight is 156 g/mol. The smallest absolute Gasteiger partial charge is 0.118 e. The van der Waals surface area contributed by atoms with Gasteiger partial charge < -0.3 is 0 Å². The van der Waals surface area contributed by atoms with Crippen LogP contribution < -0.4 is 5.48 Å². The average Bonchev–Trinajstić information content (AvgIpc) is 1.88. The van der Waals surface area contributed by atoms with Gasteiger partial charge >= 0.3 is 0 Å². The molecule has 1 unspecified atom stereocenters. The summed E-state index contributed by atoms with van der Waals surface area (Å²) in [6.07, 6.45) is 0.757. The van der Waals surface area contributed by atoms with Gasteiger partial charge in [0.05, 0.1) is 11.7 Å². The number of rotatable bonds is 3. The maximum absolute atomic E-state index is 8.53. The van der Waals surface area contributed by atoms with Crippen LogP contribution in [0.3, 0.4) is 0 Å². The molecule has 0 bridgehead atoms. The Labute approximate surface area is 68.3 Å². The van der Waals surface area contributed by atoms with Crippen molar-refractivity contribution in [2.45, 2.75) is 45.8 Å². The van der Waals surface area contributed by atoms with Gasteiger partial charge in [-0.3, -0.25) is 4.84 Å². The lowest BCUT2D eigenvalue weighted by Crippen LogP contribution is -2.35. The molecule has 3 nitrogen and oxygen atoms in total. The van der Waals surface area contributed by atoms with Crippen molar-refractivity contribution in [3.63, 3.8) is 0 Å². The fourth-order valence-corrected chi connectivity index (χ4v) is 0.449. The number of hydrogen-bond acceptors (Lipinski definition) is 3. The van der Waals surface area contributed by atoms with Gasteiger partial charge in [0, 0.05) is 0 Å². The van der Waals surface area contributed by atoms with E-state index in [2.05, 4.69) is 11.5 Å². The summed E-state index contributed by atoms with van der Waals surface area (Å²) in [5.41, 5.74) is 2.47. The summed E-state index contributed by atoms with van der Waals surface area (Å²) in [7, 11) is 0. The lowest BCUT2D eigenvalue weighted by molar-refractivity contribution is -0.0813. The lowest BCUT2D eigenvalue weighted by Gasteiger charge is -2.21. The molecule has 0 fully saturated rings. The molecule has 1 N–H and O–H groups in total. The number of hydrogen-bond donors (Lipinski definition) is 1. The normalized spacial score (nSPS) is 14.1. The van der Waals surface area contributed by atoms with Crippen LogP contribution in [-0.2, 0) is 4.84 Å². The van der Waals surface area contributed by atoms with Crippen molar-refractivity contribution < 1.29 is 4.84 Å². The molecule has 0 heterocycles. The van der Waals surface area contributed by atoms with Gasteiger partial charge in [0.15, 0.2) is 0 Å². The molecular weight excluding hydrogens is 140 g/mol. The summed E-state index contributed by atoms with van der Waals surface area (Å²) in [6, 6.07) is 1.89. The van der Waals surface area contributed by atoms with E-state index in [-0.39, 0.29) is 11.6 Å². The fourth-order valence-electron chi connectivity index (χ4n) is 0.449. The van der Waals surface area contributed by atoms with Crippen molar-refractivity contribution in [1.29, 1.82) is 5.26 Å². The van der Waals surface area contributed by atoms with Crippen LogP contribution in [0.4, 0.5) is 0 Å². The van der Waals surface area contributed by atoms with Crippen LogP contribution in [0.2, 0.25) is 0 Å². The van der Waals surface area contributed by atoms with Gasteiger partial charge in [-0.2, -0.15) is 10.7 Å². The summed E-state index contributed by atoms with van der Waals surface area (Å²) in [4.78, 5) is 5.20. The third kappa shape index (κ3) is 5.84. The minimum Gasteiger partial charge on any atom is -0.295 e. The number of nitriles is 1. The number of hydroxylamine groups is 1. The second-order valence-corrected chi connectivity index (χ2v) is 3.42. The van der Waals surface area contributed by atoms with Gasteiger partial charge in [-0.05, 0) is 27.2 Å². The first kappa shape index (κ1) is 10.4. The minimum atomic E-state index is -0.232. The number of nitrogens with one attached hydrogen (secondary N) is 1. The summed E-state index contributed by atoms with van der Waals surface area (Å²) in [5, 5.41) is 8.53. The van der Waals surface area contributed by atoms with E-state index >= 15 is 0 Å². The highest BCUT2D eigenvalue weighted by Crippen LogP contribution is 2.04. The first-order chi connectivity index (χ1) is 4.99. The van der Waals surface area contributed by atoms with E-state index in [0.29, 0.717) is 0 Å². The first-order valence-corrected chi connectivity index (χ1v) is 3.82. The predicted octanol–water partition coefficient (Wildman–Crippen LogP) is 1.61. The van der Waals surface area contributed by atoms with Crippen LogP contribution in [0.15, 0.2) is 0 Å². The Morgan fingerprint density at radius 2 is 2.09 bits per heavy atom. The van der Waals surface area contributed by atoms with Gasteiger partial charge in [0.2, 0.25) is 0 Å². The maximum Gasteiger partial charge on any atom is 0.118 e. The van der Waals surface area contributed by atoms with Crippen molar-refractivity contribution in [1.82, 2.24) is 5.48 Å². The standard InChI is InChI=1S/C8H16N2O/c1-5-7(6-9)10-11-8(2,3)4/h7,10H,5H2,1-4H3. The predicted molar refractivity (Wildman–Crippen MR) is 43.7 cm³/mol. The van der Waals surface area contributed by atoms with Crippen molar-refractivity contribution in [3.05, 3.63) is 0 Å². The maximum atomic E-state index is 8.53. The van der Waals surface area contributed by atoms with Crippen molar-refractivity contribution in [3.8, 4) is 6.07 Å². The van der Waals surface area contributed by atoms with Crippen LogP contribution in [0, 0.1) is 11.3 Å². The van der Waals surface area contributed by atoms with Crippen molar-refractivity contribution in [2.24, 2.45) is 0 Å². The summed E-state index contributed by atoms with van der Waals surface area (Å²) >= 11 is 0. The Kier molecular flexibility index (Phi) is 4.09. The molecule has 0 saturated carbocycles. The molecule has 0 aromatic carbocycles. The largest absolute Gasteiger partial charge is 0.295 e. The third-order valence-corrected chi connectivity index (χ3v) is 1.07. The molecule has 3 heteroatoms. The first-order valence-electron chi connectivity index (χ1n) is 3.82. The second kappa shape index (κ2) is 4.32. The molecule has 0 aromatic heterocycles. The summed E-state index contributed by atoms with van der Waals surface area (Å²) < 4.78 is 0. The van der Waals surface area contributed by atoms with E-state index in [9.17, 15) is 0 Å². The molecule has 0 saturated heterocycles. The Balaban J connectivity index is 3.62. The van der Waals surface area contributed by atoms with Gasteiger partial charge in [0.25, 0.3) is 0 Å². The quantitative estimate of drug-likeness (QED) is 0.631.